The van der Waals surface area contributed by atoms with Crippen LogP contribution in [0.3, 0.4) is 0 Å². The van der Waals surface area contributed by atoms with Crippen molar-refractivity contribution in [2.75, 3.05) is 6.54 Å². The fraction of sp³-hybridized carbons (Fsp3) is 0.545. The van der Waals surface area contributed by atoms with E-state index in [-0.39, 0.29) is 5.69 Å². The number of hydrogen-bond acceptors (Lipinski definition) is 2. The number of nitrogens with zero attached hydrogens (tertiary/aromatic N) is 2. The number of halogens is 4. The van der Waals surface area contributed by atoms with E-state index in [0.29, 0.717) is 29.5 Å². The van der Waals surface area contributed by atoms with Crippen LogP contribution >= 0.6 is 0 Å². The van der Waals surface area contributed by atoms with Crippen molar-refractivity contribution in [1.29, 1.82) is 0 Å². The minimum absolute atomic E-state index is 0.0895. The first kappa shape index (κ1) is 22.3. The number of amides is 1. The van der Waals surface area contributed by atoms with Crippen molar-refractivity contribution in [3.63, 3.8) is 0 Å². The summed E-state index contributed by atoms with van der Waals surface area (Å²) in [6, 6.07) is 4.41. The molecule has 0 radical (unpaired) electrons. The summed E-state index contributed by atoms with van der Waals surface area (Å²) in [7, 11) is 0. The normalized spacial score (nSPS) is 15.4. The molecule has 4 nitrogen and oxygen atoms in total. The highest BCUT2D eigenvalue weighted by molar-refractivity contribution is 5.94. The Labute approximate surface area is 173 Å². The zero-order chi connectivity index (χ0) is 21.9. The Morgan fingerprint density at radius 3 is 2.57 bits per heavy atom. The van der Waals surface area contributed by atoms with Gasteiger partial charge in [-0.15, -0.1) is 0 Å². The van der Waals surface area contributed by atoms with Gasteiger partial charge in [-0.3, -0.25) is 4.79 Å². The lowest BCUT2D eigenvalue weighted by Crippen LogP contribution is -2.28. The van der Waals surface area contributed by atoms with Gasteiger partial charge in [0.1, 0.15) is 17.3 Å². The van der Waals surface area contributed by atoms with E-state index in [9.17, 15) is 22.4 Å². The van der Waals surface area contributed by atoms with Crippen molar-refractivity contribution < 1.29 is 22.4 Å². The van der Waals surface area contributed by atoms with Crippen LogP contribution < -0.4 is 5.32 Å². The van der Waals surface area contributed by atoms with Crippen molar-refractivity contribution in [3.05, 3.63) is 41.0 Å². The molecule has 0 aliphatic heterocycles. The Kier molecular flexibility index (Phi) is 6.83. The molecular formula is C22H27F4N3O. The topological polar surface area (TPSA) is 46.9 Å². The minimum atomic E-state index is -4.34. The lowest BCUT2D eigenvalue weighted by atomic mass is 9.89. The van der Waals surface area contributed by atoms with E-state index in [1.165, 1.54) is 18.6 Å². The molecule has 1 N–H and O–H groups in total. The first-order chi connectivity index (χ1) is 14.2. The average molecular weight is 425 g/mol. The summed E-state index contributed by atoms with van der Waals surface area (Å²) >= 11 is 0. The monoisotopic (exact) mass is 425 g/mol. The Hall–Kier alpha value is -2.38. The molecule has 0 bridgehead atoms. The van der Waals surface area contributed by atoms with Crippen molar-refractivity contribution in [3.8, 4) is 11.4 Å². The number of rotatable bonds is 6. The van der Waals surface area contributed by atoms with Crippen LogP contribution in [0.4, 0.5) is 17.6 Å². The lowest BCUT2D eigenvalue weighted by molar-refractivity contribution is -0.133. The van der Waals surface area contributed by atoms with E-state index in [2.05, 4.69) is 10.3 Å². The van der Waals surface area contributed by atoms with Crippen molar-refractivity contribution in [1.82, 2.24) is 14.9 Å². The zero-order valence-electron chi connectivity index (χ0n) is 17.3. The molecule has 0 atom stereocenters. The molecule has 1 aromatic heterocycles. The summed E-state index contributed by atoms with van der Waals surface area (Å²) < 4.78 is 53.1. The fourth-order valence-electron chi connectivity index (χ4n) is 4.04. The summed E-state index contributed by atoms with van der Waals surface area (Å²) in [5.74, 6) is -0.137. The Morgan fingerprint density at radius 1 is 1.20 bits per heavy atom. The van der Waals surface area contributed by atoms with Crippen molar-refractivity contribution >= 4 is 5.91 Å². The number of alkyl halides is 3. The lowest BCUT2D eigenvalue weighted by Gasteiger charge is -2.24. The van der Waals surface area contributed by atoms with Gasteiger partial charge in [0.05, 0.1) is 6.42 Å². The average Bonchev–Trinajstić information content (AvgIpc) is 3.00. The van der Waals surface area contributed by atoms with Gasteiger partial charge in [-0.05, 0) is 50.3 Å². The van der Waals surface area contributed by atoms with Gasteiger partial charge in [-0.1, -0.05) is 25.3 Å². The molecule has 1 aromatic carbocycles. The van der Waals surface area contributed by atoms with Crippen LogP contribution in [0.25, 0.3) is 11.4 Å². The molecule has 164 valence electrons. The highest BCUT2D eigenvalue weighted by Crippen LogP contribution is 2.31. The first-order valence-corrected chi connectivity index (χ1v) is 10.3. The van der Waals surface area contributed by atoms with Gasteiger partial charge < -0.3 is 9.88 Å². The van der Waals surface area contributed by atoms with Crippen molar-refractivity contribution in [2.24, 2.45) is 5.92 Å². The molecule has 0 spiro atoms. The standard InChI is InChI=1S/C22H27F4N3O/c1-14-8-9-17(23)12-18(14)20-28-19(21(30)27-11-10-22(24,25)26)15(2)29(20)13-16-6-4-3-5-7-16/h8-9,12,16H,3-7,10-11,13H2,1-2H3,(H,27,30). The summed E-state index contributed by atoms with van der Waals surface area (Å²) in [5, 5.41) is 2.31. The van der Waals surface area contributed by atoms with Crippen LogP contribution in [0.5, 0.6) is 0 Å². The van der Waals surface area contributed by atoms with Crippen LogP contribution in [-0.4, -0.2) is 28.2 Å². The molecule has 30 heavy (non-hydrogen) atoms. The van der Waals surface area contributed by atoms with Gasteiger partial charge in [-0.2, -0.15) is 13.2 Å². The third-order valence-corrected chi connectivity index (χ3v) is 5.74. The fourth-order valence-corrected chi connectivity index (χ4v) is 4.04. The van der Waals surface area contributed by atoms with E-state index in [1.54, 1.807) is 13.0 Å². The highest BCUT2D eigenvalue weighted by atomic mass is 19.4. The summed E-state index contributed by atoms with van der Waals surface area (Å²) in [4.78, 5) is 17.0. The number of hydrogen-bond donors (Lipinski definition) is 1. The van der Waals surface area contributed by atoms with Crippen molar-refractivity contribution in [2.45, 2.75) is 65.1 Å². The number of carbonyl (C=O) groups excluding carboxylic acids is 1. The summed E-state index contributed by atoms with van der Waals surface area (Å²) in [5.41, 5.74) is 2.08. The van der Waals surface area contributed by atoms with Crippen LogP contribution in [0.1, 0.15) is 60.3 Å². The molecule has 1 aliphatic rings. The van der Waals surface area contributed by atoms with E-state index < -0.39 is 30.9 Å². The third-order valence-electron chi connectivity index (χ3n) is 5.74. The number of aromatic nitrogens is 2. The number of imidazole rings is 1. The number of aryl methyl sites for hydroxylation is 1. The molecule has 1 fully saturated rings. The Morgan fingerprint density at radius 2 is 1.90 bits per heavy atom. The second kappa shape index (κ2) is 9.18. The second-order valence-electron chi connectivity index (χ2n) is 8.06. The predicted octanol–water partition coefficient (Wildman–Crippen LogP) is 5.57. The molecule has 0 unspecified atom stereocenters. The van der Waals surface area contributed by atoms with Gasteiger partial charge in [0, 0.05) is 24.3 Å². The quantitative estimate of drug-likeness (QED) is 0.615. The SMILES string of the molecule is Cc1ccc(F)cc1-c1nc(C(=O)NCCC(F)(F)F)c(C)n1CC1CCCCC1. The van der Waals surface area contributed by atoms with Crippen LogP contribution in [0, 0.1) is 25.6 Å². The van der Waals surface area contributed by atoms with Gasteiger partial charge in [0.15, 0.2) is 0 Å². The maximum absolute atomic E-state index is 13.9. The van der Waals surface area contributed by atoms with Gasteiger partial charge in [0.2, 0.25) is 0 Å². The second-order valence-corrected chi connectivity index (χ2v) is 8.06. The van der Waals surface area contributed by atoms with Gasteiger partial charge in [-0.25, -0.2) is 9.37 Å². The Balaban J connectivity index is 1.94. The number of nitrogens with one attached hydrogen (secondary N) is 1. The van der Waals surface area contributed by atoms with Crippen LogP contribution in [0.15, 0.2) is 18.2 Å². The predicted molar refractivity (Wildman–Crippen MR) is 107 cm³/mol. The largest absolute Gasteiger partial charge is 0.390 e. The smallest absolute Gasteiger partial charge is 0.350 e. The molecule has 0 saturated heterocycles. The van der Waals surface area contributed by atoms with Gasteiger partial charge in [0.25, 0.3) is 5.91 Å². The summed E-state index contributed by atoms with van der Waals surface area (Å²) in [6.45, 7) is 3.73. The van der Waals surface area contributed by atoms with E-state index in [1.807, 2.05) is 11.5 Å². The van der Waals surface area contributed by atoms with E-state index in [4.69, 9.17) is 0 Å². The third kappa shape index (κ3) is 5.40. The number of carbonyl (C=O) groups is 1. The molecule has 1 amide bonds. The molecule has 1 aliphatic carbocycles. The maximum atomic E-state index is 13.9. The first-order valence-electron chi connectivity index (χ1n) is 10.3. The molecule has 3 rings (SSSR count). The number of benzene rings is 1. The molecule has 8 heteroatoms. The van der Waals surface area contributed by atoms with E-state index >= 15 is 0 Å². The molecule has 1 heterocycles. The zero-order valence-corrected chi connectivity index (χ0v) is 17.3. The highest BCUT2D eigenvalue weighted by Gasteiger charge is 2.28. The minimum Gasteiger partial charge on any atom is -0.350 e. The van der Waals surface area contributed by atoms with Crippen LogP contribution in [0.2, 0.25) is 0 Å². The summed E-state index contributed by atoms with van der Waals surface area (Å²) in [6.07, 6.45) is 0.221. The van der Waals surface area contributed by atoms with E-state index in [0.717, 1.165) is 31.2 Å². The van der Waals surface area contributed by atoms with Gasteiger partial charge >= 0.3 is 6.18 Å². The molecular weight excluding hydrogens is 398 g/mol. The molecule has 2 aromatic rings. The van der Waals surface area contributed by atoms with Crippen LogP contribution in [-0.2, 0) is 6.54 Å². The maximum Gasteiger partial charge on any atom is 0.390 e. The molecule has 1 saturated carbocycles. The Bertz CT molecular complexity index is 899.